The third-order valence-electron chi connectivity index (χ3n) is 5.52. The van der Waals surface area contributed by atoms with E-state index in [2.05, 4.69) is 51.2 Å². The highest BCUT2D eigenvalue weighted by Crippen LogP contribution is 2.33. The number of rotatable bonds is 8. The molecule has 0 aliphatic rings. The van der Waals surface area contributed by atoms with E-state index in [1.165, 1.54) is 11.1 Å². The Balaban J connectivity index is 2.48. The van der Waals surface area contributed by atoms with Crippen LogP contribution in [0.5, 0.6) is 0 Å². The fraction of sp³-hybridized carbons (Fsp3) is 0.440. The van der Waals surface area contributed by atoms with Gasteiger partial charge in [-0.2, -0.15) is 0 Å². The van der Waals surface area contributed by atoms with Gasteiger partial charge in [-0.25, -0.2) is 0 Å². The van der Waals surface area contributed by atoms with Crippen LogP contribution < -0.4 is 5.32 Å². The smallest absolute Gasteiger partial charge is 0.305 e. The van der Waals surface area contributed by atoms with Crippen molar-refractivity contribution in [3.8, 4) is 11.1 Å². The lowest BCUT2D eigenvalue weighted by Crippen LogP contribution is -2.31. The molecule has 0 heterocycles. The van der Waals surface area contributed by atoms with Gasteiger partial charge in [0.25, 0.3) is 0 Å². The topological polar surface area (TPSA) is 66.4 Å². The normalized spacial score (nSPS) is 12.1. The Bertz CT molecular complexity index is 879. The molecule has 0 saturated heterocycles. The van der Waals surface area contributed by atoms with Crippen molar-refractivity contribution < 1.29 is 14.7 Å². The summed E-state index contributed by atoms with van der Waals surface area (Å²) in [5.41, 5.74) is 7.57. The molecule has 4 nitrogen and oxygen atoms in total. The molecule has 0 aliphatic carbocycles. The van der Waals surface area contributed by atoms with Crippen LogP contribution in [0.3, 0.4) is 0 Å². The van der Waals surface area contributed by atoms with E-state index in [0.29, 0.717) is 12.3 Å². The van der Waals surface area contributed by atoms with Gasteiger partial charge in [0, 0.05) is 6.42 Å². The SMILES string of the molecule is Cc1cc(-c2c(C)cccc2C)cc(C(CC(=O)O)NC(=O)CCC(C)C)c1C. The second-order valence-electron chi connectivity index (χ2n) is 8.42. The van der Waals surface area contributed by atoms with Crippen LogP contribution in [0.4, 0.5) is 0 Å². The second-order valence-corrected chi connectivity index (χ2v) is 8.42. The standard InChI is InChI=1S/C25H33NO3/c1-15(2)10-11-23(27)26-22(14-24(28)29)21-13-20(12-18(5)19(21)6)25-16(3)8-7-9-17(25)4/h7-9,12-13,15,22H,10-11,14H2,1-6H3,(H,26,27)(H,28,29). The van der Waals surface area contributed by atoms with Crippen molar-refractivity contribution in [2.75, 3.05) is 0 Å². The second kappa shape index (κ2) is 9.73. The van der Waals surface area contributed by atoms with Crippen LogP contribution in [0.2, 0.25) is 0 Å². The van der Waals surface area contributed by atoms with Crippen LogP contribution in [-0.4, -0.2) is 17.0 Å². The molecule has 2 aromatic carbocycles. The van der Waals surface area contributed by atoms with Crippen molar-refractivity contribution in [1.82, 2.24) is 5.32 Å². The minimum atomic E-state index is -0.923. The summed E-state index contributed by atoms with van der Waals surface area (Å²) in [7, 11) is 0. The van der Waals surface area contributed by atoms with E-state index in [1.807, 2.05) is 26.0 Å². The van der Waals surface area contributed by atoms with E-state index < -0.39 is 12.0 Å². The maximum absolute atomic E-state index is 12.5. The summed E-state index contributed by atoms with van der Waals surface area (Å²) in [4.78, 5) is 24.0. The number of carbonyl (C=O) groups is 2. The molecule has 29 heavy (non-hydrogen) atoms. The number of carboxylic acid groups (broad SMARTS) is 1. The monoisotopic (exact) mass is 395 g/mol. The number of hydrogen-bond donors (Lipinski definition) is 2. The van der Waals surface area contributed by atoms with E-state index in [1.54, 1.807) is 0 Å². The van der Waals surface area contributed by atoms with Gasteiger partial charge in [-0.05, 0) is 85.0 Å². The molecular formula is C25H33NO3. The molecule has 0 radical (unpaired) electrons. The average Bonchev–Trinajstić information content (AvgIpc) is 2.61. The van der Waals surface area contributed by atoms with Gasteiger partial charge >= 0.3 is 5.97 Å². The Labute approximate surface area is 174 Å². The van der Waals surface area contributed by atoms with Crippen LogP contribution in [0.15, 0.2) is 30.3 Å². The number of aliphatic carboxylic acids is 1. The van der Waals surface area contributed by atoms with Crippen molar-refractivity contribution in [2.45, 2.75) is 66.8 Å². The number of carboxylic acids is 1. The van der Waals surface area contributed by atoms with Gasteiger partial charge in [-0.15, -0.1) is 0 Å². The molecular weight excluding hydrogens is 362 g/mol. The maximum Gasteiger partial charge on any atom is 0.305 e. The van der Waals surface area contributed by atoms with Crippen molar-refractivity contribution in [3.05, 3.63) is 58.1 Å². The van der Waals surface area contributed by atoms with E-state index >= 15 is 0 Å². The predicted molar refractivity (Wildman–Crippen MR) is 118 cm³/mol. The molecule has 2 N–H and O–H groups in total. The lowest BCUT2D eigenvalue weighted by molar-refractivity contribution is -0.137. The zero-order chi connectivity index (χ0) is 21.7. The van der Waals surface area contributed by atoms with Crippen LogP contribution >= 0.6 is 0 Å². The predicted octanol–water partition coefficient (Wildman–Crippen LogP) is 5.66. The number of hydrogen-bond acceptors (Lipinski definition) is 2. The summed E-state index contributed by atoms with van der Waals surface area (Å²) in [5.74, 6) is -0.594. The molecule has 0 spiro atoms. The summed E-state index contributed by atoms with van der Waals surface area (Å²) in [6.07, 6.45) is 1.05. The molecule has 0 bridgehead atoms. The highest BCUT2D eigenvalue weighted by Gasteiger charge is 2.22. The van der Waals surface area contributed by atoms with Crippen molar-refractivity contribution >= 4 is 11.9 Å². The van der Waals surface area contributed by atoms with Gasteiger partial charge in [0.1, 0.15) is 0 Å². The summed E-state index contributed by atoms with van der Waals surface area (Å²) in [5, 5.41) is 12.4. The number of carbonyl (C=O) groups excluding carboxylic acids is 1. The van der Waals surface area contributed by atoms with Crippen LogP contribution in [-0.2, 0) is 9.59 Å². The first-order valence-electron chi connectivity index (χ1n) is 10.3. The maximum atomic E-state index is 12.5. The Morgan fingerprint density at radius 2 is 1.62 bits per heavy atom. The fourth-order valence-corrected chi connectivity index (χ4v) is 3.76. The number of benzene rings is 2. The summed E-state index contributed by atoms with van der Waals surface area (Å²) < 4.78 is 0. The Kier molecular flexibility index (Phi) is 7.60. The molecule has 0 aliphatic heterocycles. The largest absolute Gasteiger partial charge is 0.481 e. The third-order valence-corrected chi connectivity index (χ3v) is 5.52. The van der Waals surface area contributed by atoms with E-state index in [9.17, 15) is 14.7 Å². The first kappa shape index (κ1) is 22.7. The zero-order valence-corrected chi connectivity index (χ0v) is 18.4. The van der Waals surface area contributed by atoms with Crippen molar-refractivity contribution in [3.63, 3.8) is 0 Å². The average molecular weight is 396 g/mol. The van der Waals surface area contributed by atoms with Gasteiger partial charge in [0.05, 0.1) is 12.5 Å². The zero-order valence-electron chi connectivity index (χ0n) is 18.4. The minimum Gasteiger partial charge on any atom is -0.481 e. The molecule has 1 amide bonds. The molecule has 2 aromatic rings. The Morgan fingerprint density at radius 1 is 1.00 bits per heavy atom. The molecule has 1 unspecified atom stereocenters. The molecule has 2 rings (SSSR count). The fourth-order valence-electron chi connectivity index (χ4n) is 3.76. The lowest BCUT2D eigenvalue weighted by atomic mass is 9.88. The van der Waals surface area contributed by atoms with Crippen molar-refractivity contribution in [2.24, 2.45) is 5.92 Å². The van der Waals surface area contributed by atoms with E-state index in [0.717, 1.165) is 34.2 Å². The number of nitrogens with one attached hydrogen (secondary N) is 1. The third kappa shape index (κ3) is 5.93. The Morgan fingerprint density at radius 3 is 2.17 bits per heavy atom. The molecule has 0 fully saturated rings. The Hall–Kier alpha value is -2.62. The quantitative estimate of drug-likeness (QED) is 0.606. The van der Waals surface area contributed by atoms with E-state index in [-0.39, 0.29) is 12.3 Å². The first-order valence-corrected chi connectivity index (χ1v) is 10.3. The van der Waals surface area contributed by atoms with Crippen LogP contribution in [0.25, 0.3) is 11.1 Å². The highest BCUT2D eigenvalue weighted by molar-refractivity contribution is 5.79. The molecule has 156 valence electrons. The number of aryl methyl sites for hydroxylation is 3. The first-order chi connectivity index (χ1) is 13.6. The van der Waals surface area contributed by atoms with Gasteiger partial charge < -0.3 is 10.4 Å². The highest BCUT2D eigenvalue weighted by atomic mass is 16.4. The molecule has 1 atom stereocenters. The van der Waals surface area contributed by atoms with Gasteiger partial charge in [-0.3, -0.25) is 9.59 Å². The van der Waals surface area contributed by atoms with Gasteiger partial charge in [0.2, 0.25) is 5.91 Å². The molecule has 0 saturated carbocycles. The summed E-state index contributed by atoms with van der Waals surface area (Å²) >= 11 is 0. The summed E-state index contributed by atoms with van der Waals surface area (Å²) in [6, 6.07) is 9.85. The van der Waals surface area contributed by atoms with E-state index in [4.69, 9.17) is 0 Å². The van der Waals surface area contributed by atoms with Crippen LogP contribution in [0.1, 0.15) is 67.0 Å². The molecule has 0 aromatic heterocycles. The van der Waals surface area contributed by atoms with Crippen molar-refractivity contribution in [1.29, 1.82) is 0 Å². The van der Waals surface area contributed by atoms with Gasteiger partial charge in [0.15, 0.2) is 0 Å². The minimum absolute atomic E-state index is 0.0977. The van der Waals surface area contributed by atoms with Gasteiger partial charge in [-0.1, -0.05) is 38.1 Å². The van der Waals surface area contributed by atoms with Crippen LogP contribution in [0, 0.1) is 33.6 Å². The summed E-state index contributed by atoms with van der Waals surface area (Å²) in [6.45, 7) is 12.3. The lowest BCUT2D eigenvalue weighted by Gasteiger charge is -2.23. The molecule has 4 heteroatoms. The number of amides is 1.